The van der Waals surface area contributed by atoms with Gasteiger partial charge < -0.3 is 10.6 Å². The summed E-state index contributed by atoms with van der Waals surface area (Å²) < 4.78 is 0. The second-order valence-corrected chi connectivity index (χ2v) is 5.34. The first-order chi connectivity index (χ1) is 9.17. The van der Waals surface area contributed by atoms with Crippen molar-refractivity contribution in [2.75, 3.05) is 11.9 Å². The van der Waals surface area contributed by atoms with E-state index < -0.39 is 0 Å². The summed E-state index contributed by atoms with van der Waals surface area (Å²) in [5.41, 5.74) is 8.29. The van der Waals surface area contributed by atoms with Crippen molar-refractivity contribution in [1.82, 2.24) is 15.2 Å². The van der Waals surface area contributed by atoms with Crippen molar-refractivity contribution in [3.05, 3.63) is 11.4 Å². The summed E-state index contributed by atoms with van der Waals surface area (Å²) in [4.78, 5) is 6.79. The van der Waals surface area contributed by atoms with Crippen LogP contribution in [0.5, 0.6) is 0 Å². The van der Waals surface area contributed by atoms with Gasteiger partial charge in [0, 0.05) is 19.1 Å². The van der Waals surface area contributed by atoms with Crippen LogP contribution < -0.4 is 10.6 Å². The van der Waals surface area contributed by atoms with Crippen LogP contribution in [0.1, 0.15) is 50.9 Å². The van der Waals surface area contributed by atoms with Crippen molar-refractivity contribution >= 4 is 5.95 Å². The molecule has 1 aromatic rings. The fourth-order valence-electron chi connectivity index (χ4n) is 2.85. The van der Waals surface area contributed by atoms with E-state index in [1.807, 2.05) is 7.05 Å². The average Bonchev–Trinajstić information content (AvgIpc) is 2.46. The Morgan fingerprint density at radius 2 is 1.79 bits per heavy atom. The molecule has 0 radical (unpaired) electrons. The molecule has 0 amide bonds. The summed E-state index contributed by atoms with van der Waals surface area (Å²) in [6, 6.07) is 0.561. The lowest BCUT2D eigenvalue weighted by molar-refractivity contribution is 0.370. The Kier molecular flexibility index (Phi) is 4.69. The van der Waals surface area contributed by atoms with E-state index in [1.165, 1.54) is 12.8 Å². The standard InChI is InChI=1S/C14H25N5/c1-4-11-12(5-2)17-18-14(16-11)19(3)13-9-7-6-8-10(13)15/h10,13H,4-9,15H2,1-3H3. The highest BCUT2D eigenvalue weighted by molar-refractivity contribution is 5.32. The van der Waals surface area contributed by atoms with Gasteiger partial charge in [-0.25, -0.2) is 4.98 Å². The minimum absolute atomic E-state index is 0.221. The first-order valence-electron chi connectivity index (χ1n) is 7.38. The van der Waals surface area contributed by atoms with E-state index in [4.69, 9.17) is 5.73 Å². The zero-order valence-electron chi connectivity index (χ0n) is 12.3. The number of hydrogen-bond acceptors (Lipinski definition) is 5. The van der Waals surface area contributed by atoms with Crippen LogP contribution >= 0.6 is 0 Å². The van der Waals surface area contributed by atoms with Gasteiger partial charge in [-0.3, -0.25) is 0 Å². The molecule has 1 aliphatic rings. The third-order valence-corrected chi connectivity index (χ3v) is 4.09. The smallest absolute Gasteiger partial charge is 0.245 e. The number of anilines is 1. The zero-order valence-corrected chi connectivity index (χ0v) is 12.3. The third kappa shape index (κ3) is 3.03. The molecule has 0 bridgehead atoms. The highest BCUT2D eigenvalue weighted by Crippen LogP contribution is 2.23. The number of likely N-dealkylation sites (N-methyl/N-ethyl adjacent to an activating group) is 1. The Labute approximate surface area is 115 Å². The summed E-state index contributed by atoms with van der Waals surface area (Å²) in [5.74, 6) is 0.719. The molecule has 1 saturated carbocycles. The Hall–Kier alpha value is -1.23. The summed E-state index contributed by atoms with van der Waals surface area (Å²) in [7, 11) is 2.04. The highest BCUT2D eigenvalue weighted by atomic mass is 15.3. The fourth-order valence-corrected chi connectivity index (χ4v) is 2.85. The lowest BCUT2D eigenvalue weighted by atomic mass is 9.90. The molecule has 5 nitrogen and oxygen atoms in total. The van der Waals surface area contributed by atoms with Gasteiger partial charge in [0.1, 0.15) is 0 Å². The summed E-state index contributed by atoms with van der Waals surface area (Å²) >= 11 is 0. The Balaban J connectivity index is 2.20. The van der Waals surface area contributed by atoms with E-state index in [2.05, 4.69) is 33.9 Å². The Bertz CT molecular complexity index is 420. The van der Waals surface area contributed by atoms with E-state index in [0.29, 0.717) is 6.04 Å². The number of aryl methyl sites for hydroxylation is 2. The number of nitrogens with two attached hydrogens (primary N) is 1. The van der Waals surface area contributed by atoms with E-state index in [0.717, 1.165) is 43.0 Å². The van der Waals surface area contributed by atoms with Crippen LogP contribution in [-0.4, -0.2) is 34.3 Å². The molecule has 1 aromatic heterocycles. The van der Waals surface area contributed by atoms with Gasteiger partial charge in [-0.15, -0.1) is 5.10 Å². The molecular weight excluding hydrogens is 238 g/mol. The van der Waals surface area contributed by atoms with Crippen LogP contribution in [0.15, 0.2) is 0 Å². The first-order valence-corrected chi connectivity index (χ1v) is 7.38. The van der Waals surface area contributed by atoms with Crippen molar-refractivity contribution in [3.63, 3.8) is 0 Å². The van der Waals surface area contributed by atoms with Crippen LogP contribution in [0.25, 0.3) is 0 Å². The largest absolute Gasteiger partial charge is 0.338 e. The summed E-state index contributed by atoms with van der Waals surface area (Å²) in [6.07, 6.45) is 6.48. The molecule has 2 unspecified atom stereocenters. The molecule has 19 heavy (non-hydrogen) atoms. The maximum atomic E-state index is 6.23. The van der Waals surface area contributed by atoms with Crippen LogP contribution in [0.2, 0.25) is 0 Å². The van der Waals surface area contributed by atoms with E-state index in [-0.39, 0.29) is 6.04 Å². The van der Waals surface area contributed by atoms with E-state index in [9.17, 15) is 0 Å². The predicted octanol–water partition coefficient (Wildman–Crippen LogP) is 1.70. The molecule has 0 spiro atoms. The number of hydrogen-bond donors (Lipinski definition) is 1. The molecule has 0 aromatic carbocycles. The van der Waals surface area contributed by atoms with Gasteiger partial charge in [0.2, 0.25) is 5.95 Å². The van der Waals surface area contributed by atoms with Gasteiger partial charge in [0.25, 0.3) is 0 Å². The number of nitrogens with zero attached hydrogens (tertiary/aromatic N) is 4. The molecule has 1 heterocycles. The van der Waals surface area contributed by atoms with Crippen molar-refractivity contribution in [2.24, 2.45) is 5.73 Å². The van der Waals surface area contributed by atoms with Crippen LogP contribution in [0, 0.1) is 0 Å². The molecule has 5 heteroatoms. The topological polar surface area (TPSA) is 67.9 Å². The third-order valence-electron chi connectivity index (χ3n) is 4.09. The van der Waals surface area contributed by atoms with Crippen LogP contribution in [0.3, 0.4) is 0 Å². The predicted molar refractivity (Wildman–Crippen MR) is 77.2 cm³/mol. The van der Waals surface area contributed by atoms with Gasteiger partial charge in [-0.1, -0.05) is 26.7 Å². The maximum Gasteiger partial charge on any atom is 0.245 e. The molecule has 2 N–H and O–H groups in total. The summed E-state index contributed by atoms with van der Waals surface area (Å²) in [6.45, 7) is 4.20. The quantitative estimate of drug-likeness (QED) is 0.895. The lowest BCUT2D eigenvalue weighted by Gasteiger charge is -2.35. The monoisotopic (exact) mass is 263 g/mol. The first kappa shape index (κ1) is 14.2. The zero-order chi connectivity index (χ0) is 13.8. The summed E-state index contributed by atoms with van der Waals surface area (Å²) in [5, 5.41) is 8.59. The molecule has 2 atom stereocenters. The Morgan fingerprint density at radius 3 is 2.42 bits per heavy atom. The lowest BCUT2D eigenvalue weighted by Crippen LogP contribution is -2.48. The van der Waals surface area contributed by atoms with Crippen molar-refractivity contribution in [2.45, 2.75) is 64.5 Å². The number of rotatable bonds is 4. The van der Waals surface area contributed by atoms with Gasteiger partial charge in [0.05, 0.1) is 11.4 Å². The molecule has 106 valence electrons. The van der Waals surface area contributed by atoms with Gasteiger partial charge in [-0.05, 0) is 25.7 Å². The maximum absolute atomic E-state index is 6.23. The minimum atomic E-state index is 0.221. The molecular formula is C14H25N5. The molecule has 2 rings (SSSR count). The second-order valence-electron chi connectivity index (χ2n) is 5.34. The number of aromatic nitrogens is 3. The molecule has 0 saturated heterocycles. The van der Waals surface area contributed by atoms with Gasteiger partial charge in [-0.2, -0.15) is 5.10 Å². The molecule has 1 aliphatic carbocycles. The van der Waals surface area contributed by atoms with Crippen LogP contribution in [-0.2, 0) is 12.8 Å². The van der Waals surface area contributed by atoms with Gasteiger partial charge >= 0.3 is 0 Å². The molecule has 0 aliphatic heterocycles. The van der Waals surface area contributed by atoms with E-state index >= 15 is 0 Å². The molecule has 1 fully saturated rings. The normalized spacial score (nSPS) is 23.4. The van der Waals surface area contributed by atoms with Crippen LogP contribution in [0.4, 0.5) is 5.95 Å². The average molecular weight is 263 g/mol. The van der Waals surface area contributed by atoms with Crippen molar-refractivity contribution in [1.29, 1.82) is 0 Å². The SMILES string of the molecule is CCc1nnc(N(C)C2CCCCC2N)nc1CC. The minimum Gasteiger partial charge on any atom is -0.338 e. The Morgan fingerprint density at radius 1 is 1.11 bits per heavy atom. The highest BCUT2D eigenvalue weighted by Gasteiger charge is 2.27. The van der Waals surface area contributed by atoms with Crippen molar-refractivity contribution < 1.29 is 0 Å². The second kappa shape index (κ2) is 6.28. The van der Waals surface area contributed by atoms with E-state index in [1.54, 1.807) is 0 Å². The van der Waals surface area contributed by atoms with Gasteiger partial charge in [0.15, 0.2) is 0 Å². The van der Waals surface area contributed by atoms with Crippen molar-refractivity contribution in [3.8, 4) is 0 Å². The fraction of sp³-hybridized carbons (Fsp3) is 0.786.